The van der Waals surface area contributed by atoms with Gasteiger partial charge in [-0.15, -0.1) is 0 Å². The zero-order valence-electron chi connectivity index (χ0n) is 16.5. The van der Waals surface area contributed by atoms with Crippen molar-refractivity contribution in [3.05, 3.63) is 95.5 Å². The molecule has 0 aliphatic rings. The maximum absolute atomic E-state index is 13.3. The maximum Gasteiger partial charge on any atom is 0.264 e. The first-order valence-corrected chi connectivity index (χ1v) is 11.4. The molecule has 0 saturated heterocycles. The van der Waals surface area contributed by atoms with Crippen LogP contribution in [-0.2, 0) is 14.8 Å². The fourth-order valence-electron chi connectivity index (χ4n) is 3.12. The van der Waals surface area contributed by atoms with Crippen LogP contribution in [0.25, 0.3) is 0 Å². The molecule has 3 rings (SSSR count). The molecule has 7 heteroatoms. The van der Waals surface area contributed by atoms with Crippen LogP contribution in [0.3, 0.4) is 0 Å². The quantitative estimate of drug-likeness (QED) is 0.544. The van der Waals surface area contributed by atoms with Crippen molar-refractivity contribution in [2.24, 2.45) is 0 Å². The third kappa shape index (κ3) is 5.20. The largest absolute Gasteiger partial charge is 0.348 e. The van der Waals surface area contributed by atoms with E-state index in [0.717, 1.165) is 9.87 Å². The molecule has 1 amide bonds. The molecule has 3 aromatic rings. The number of amides is 1. The van der Waals surface area contributed by atoms with Crippen molar-refractivity contribution in [2.75, 3.05) is 10.8 Å². The number of anilines is 1. The van der Waals surface area contributed by atoms with E-state index in [1.807, 2.05) is 37.3 Å². The molecule has 0 unspecified atom stereocenters. The molecule has 0 saturated carbocycles. The van der Waals surface area contributed by atoms with Gasteiger partial charge in [0, 0.05) is 5.02 Å². The second-order valence-corrected chi connectivity index (χ2v) is 9.04. The summed E-state index contributed by atoms with van der Waals surface area (Å²) in [5, 5.41) is 3.39. The summed E-state index contributed by atoms with van der Waals surface area (Å²) >= 11 is 5.90. The van der Waals surface area contributed by atoms with Crippen molar-refractivity contribution in [1.82, 2.24) is 5.32 Å². The van der Waals surface area contributed by atoms with Crippen molar-refractivity contribution in [3.8, 4) is 0 Å². The summed E-state index contributed by atoms with van der Waals surface area (Å²) in [6.07, 6.45) is 0.686. The van der Waals surface area contributed by atoms with Crippen LogP contribution in [0.5, 0.6) is 0 Å². The standard InChI is InChI=1S/C23H23ClN2O3S/c1-2-22(18-9-5-3-6-10-18)25-23(27)17-26(20-11-7-4-8-12-20)30(28,29)21-15-13-19(24)14-16-21/h3-16,22H,2,17H2,1H3,(H,25,27)/t22-/m0/s1. The number of carbonyl (C=O) groups excluding carboxylic acids is 1. The second-order valence-electron chi connectivity index (χ2n) is 6.74. The Hall–Kier alpha value is -2.83. The van der Waals surface area contributed by atoms with Crippen LogP contribution < -0.4 is 9.62 Å². The summed E-state index contributed by atoms with van der Waals surface area (Å²) in [4.78, 5) is 12.9. The van der Waals surface area contributed by atoms with Gasteiger partial charge >= 0.3 is 0 Å². The molecule has 30 heavy (non-hydrogen) atoms. The number of carbonyl (C=O) groups is 1. The molecule has 0 aromatic heterocycles. The summed E-state index contributed by atoms with van der Waals surface area (Å²) in [6, 6.07) is 23.9. The number of benzene rings is 3. The van der Waals surface area contributed by atoms with E-state index in [9.17, 15) is 13.2 Å². The molecule has 0 aliphatic heterocycles. The Kier molecular flexibility index (Phi) is 7.13. The first-order chi connectivity index (χ1) is 14.4. The Morgan fingerprint density at radius 1 is 0.933 bits per heavy atom. The van der Waals surface area contributed by atoms with E-state index >= 15 is 0 Å². The highest BCUT2D eigenvalue weighted by Gasteiger charge is 2.27. The fraction of sp³-hybridized carbons (Fsp3) is 0.174. The molecule has 0 radical (unpaired) electrons. The monoisotopic (exact) mass is 442 g/mol. The molecule has 3 aromatic carbocycles. The minimum atomic E-state index is -3.96. The minimum Gasteiger partial charge on any atom is -0.348 e. The maximum atomic E-state index is 13.3. The smallest absolute Gasteiger partial charge is 0.264 e. The van der Waals surface area contributed by atoms with Gasteiger partial charge in [-0.3, -0.25) is 9.10 Å². The lowest BCUT2D eigenvalue weighted by atomic mass is 10.0. The number of hydrogen-bond donors (Lipinski definition) is 1. The van der Waals surface area contributed by atoms with Gasteiger partial charge in [-0.2, -0.15) is 0 Å². The number of para-hydroxylation sites is 1. The Morgan fingerprint density at radius 2 is 1.50 bits per heavy atom. The second kappa shape index (κ2) is 9.78. The molecule has 0 bridgehead atoms. The van der Waals surface area contributed by atoms with Gasteiger partial charge < -0.3 is 5.32 Å². The van der Waals surface area contributed by atoms with Gasteiger partial charge in [0.05, 0.1) is 16.6 Å². The number of sulfonamides is 1. The normalized spacial score (nSPS) is 12.2. The van der Waals surface area contributed by atoms with E-state index in [1.54, 1.807) is 30.3 Å². The number of nitrogens with zero attached hydrogens (tertiary/aromatic N) is 1. The van der Waals surface area contributed by atoms with Crippen molar-refractivity contribution in [3.63, 3.8) is 0 Å². The summed E-state index contributed by atoms with van der Waals surface area (Å²) in [5.74, 6) is -0.382. The van der Waals surface area contributed by atoms with Crippen molar-refractivity contribution >= 4 is 33.2 Å². The topological polar surface area (TPSA) is 66.5 Å². The van der Waals surface area contributed by atoms with E-state index in [4.69, 9.17) is 11.6 Å². The third-order valence-electron chi connectivity index (χ3n) is 4.68. The van der Waals surface area contributed by atoms with Gasteiger partial charge in [0.15, 0.2) is 0 Å². The molecule has 1 N–H and O–H groups in total. The van der Waals surface area contributed by atoms with Crippen molar-refractivity contribution < 1.29 is 13.2 Å². The number of nitrogens with one attached hydrogen (secondary N) is 1. The number of hydrogen-bond acceptors (Lipinski definition) is 3. The molecule has 5 nitrogen and oxygen atoms in total. The summed E-state index contributed by atoms with van der Waals surface area (Å²) in [5.41, 5.74) is 1.38. The van der Waals surface area contributed by atoms with Crippen LogP contribution >= 0.6 is 11.6 Å². The zero-order chi connectivity index (χ0) is 21.6. The molecule has 156 valence electrons. The Bertz CT molecular complexity index is 1070. The lowest BCUT2D eigenvalue weighted by Crippen LogP contribution is -2.42. The van der Waals surface area contributed by atoms with E-state index in [2.05, 4.69) is 5.32 Å². The Balaban J connectivity index is 1.88. The van der Waals surface area contributed by atoms with Gasteiger partial charge in [0.1, 0.15) is 6.54 Å². The van der Waals surface area contributed by atoms with Gasteiger partial charge in [-0.05, 0) is 48.4 Å². The zero-order valence-corrected chi connectivity index (χ0v) is 18.1. The SMILES string of the molecule is CC[C@H](NC(=O)CN(c1ccccc1)S(=O)(=O)c1ccc(Cl)cc1)c1ccccc1. The van der Waals surface area contributed by atoms with Crippen molar-refractivity contribution in [1.29, 1.82) is 0 Å². The summed E-state index contributed by atoms with van der Waals surface area (Å²) in [7, 11) is -3.96. The molecule has 0 heterocycles. The van der Waals surface area contributed by atoms with Crippen LogP contribution in [0, 0.1) is 0 Å². The first kappa shape index (κ1) is 21.9. The highest BCUT2D eigenvalue weighted by molar-refractivity contribution is 7.92. The third-order valence-corrected chi connectivity index (χ3v) is 6.72. The van der Waals surface area contributed by atoms with E-state index in [1.165, 1.54) is 24.3 Å². The molecule has 0 fully saturated rings. The lowest BCUT2D eigenvalue weighted by molar-refractivity contribution is -0.120. The molecule has 1 atom stereocenters. The van der Waals surface area contributed by atoms with Crippen LogP contribution in [-0.4, -0.2) is 20.9 Å². The van der Waals surface area contributed by atoms with Gasteiger partial charge in [0.25, 0.3) is 10.0 Å². The van der Waals surface area contributed by atoms with Crippen LogP contribution in [0.15, 0.2) is 89.8 Å². The van der Waals surface area contributed by atoms with Crippen LogP contribution in [0.2, 0.25) is 5.02 Å². The molecule has 0 spiro atoms. The van der Waals surface area contributed by atoms with Gasteiger partial charge in [0.2, 0.25) is 5.91 Å². The predicted octanol–water partition coefficient (Wildman–Crippen LogP) is 4.80. The lowest BCUT2D eigenvalue weighted by Gasteiger charge is -2.25. The van der Waals surface area contributed by atoms with Gasteiger partial charge in [-0.25, -0.2) is 8.42 Å². The van der Waals surface area contributed by atoms with Crippen molar-refractivity contribution in [2.45, 2.75) is 24.3 Å². The Morgan fingerprint density at radius 3 is 2.07 bits per heavy atom. The molecule has 0 aliphatic carbocycles. The highest BCUT2D eigenvalue weighted by atomic mass is 35.5. The predicted molar refractivity (Wildman–Crippen MR) is 120 cm³/mol. The minimum absolute atomic E-state index is 0.0682. The van der Waals surface area contributed by atoms with Crippen LogP contribution in [0.1, 0.15) is 24.9 Å². The average molecular weight is 443 g/mol. The average Bonchev–Trinajstić information content (AvgIpc) is 2.77. The summed E-state index contributed by atoms with van der Waals surface area (Å²) in [6.45, 7) is 1.63. The first-order valence-electron chi connectivity index (χ1n) is 9.59. The van der Waals surface area contributed by atoms with E-state index < -0.39 is 10.0 Å². The van der Waals surface area contributed by atoms with Gasteiger partial charge in [-0.1, -0.05) is 67.1 Å². The van der Waals surface area contributed by atoms with Crippen LogP contribution in [0.4, 0.5) is 5.69 Å². The van der Waals surface area contributed by atoms with E-state index in [-0.39, 0.29) is 23.4 Å². The summed E-state index contributed by atoms with van der Waals surface area (Å²) < 4.78 is 27.7. The number of rotatable bonds is 8. The molecular formula is C23H23ClN2O3S. The number of halogens is 1. The fourth-order valence-corrected chi connectivity index (χ4v) is 4.67. The Labute approximate surface area is 182 Å². The highest BCUT2D eigenvalue weighted by Crippen LogP contribution is 2.25. The van der Waals surface area contributed by atoms with E-state index in [0.29, 0.717) is 17.1 Å². The molecular weight excluding hydrogens is 420 g/mol.